The van der Waals surface area contributed by atoms with Gasteiger partial charge in [0.1, 0.15) is 4.90 Å². The number of para-hydroxylation sites is 1. The smallest absolute Gasteiger partial charge is 0.245 e. The molecule has 7 heteroatoms. The highest BCUT2D eigenvalue weighted by Crippen LogP contribution is 2.28. The lowest BCUT2D eigenvalue weighted by Crippen LogP contribution is -2.41. The molecule has 1 aliphatic rings. The van der Waals surface area contributed by atoms with E-state index in [1.54, 1.807) is 24.4 Å². The highest BCUT2D eigenvalue weighted by molar-refractivity contribution is 7.89. The molecule has 0 atom stereocenters. The van der Waals surface area contributed by atoms with Gasteiger partial charge < -0.3 is 5.32 Å². The van der Waals surface area contributed by atoms with Crippen molar-refractivity contribution in [1.82, 2.24) is 9.29 Å². The summed E-state index contributed by atoms with van der Waals surface area (Å²) in [6.45, 7) is 2.71. The van der Waals surface area contributed by atoms with E-state index >= 15 is 0 Å². The summed E-state index contributed by atoms with van der Waals surface area (Å²) in [5.41, 5.74) is 2.43. The summed E-state index contributed by atoms with van der Waals surface area (Å²) < 4.78 is 27.9. The van der Waals surface area contributed by atoms with Gasteiger partial charge in [0.15, 0.2) is 0 Å². The van der Waals surface area contributed by atoms with Crippen LogP contribution < -0.4 is 5.32 Å². The second-order valence-corrected chi connectivity index (χ2v) is 9.46. The molecule has 1 N–H and O–H groups in total. The number of carbonyl (C=O) groups is 1. The third kappa shape index (κ3) is 4.08. The van der Waals surface area contributed by atoms with Crippen molar-refractivity contribution in [2.75, 3.05) is 18.4 Å². The Kier molecular flexibility index (Phi) is 5.83. The molecule has 0 radical (unpaired) electrons. The number of aryl methyl sites for hydroxylation is 1. The van der Waals surface area contributed by atoms with Crippen molar-refractivity contribution >= 4 is 32.5 Å². The van der Waals surface area contributed by atoms with Gasteiger partial charge in [0.05, 0.1) is 5.52 Å². The summed E-state index contributed by atoms with van der Waals surface area (Å²) in [5.74, 6) is -0.250. The SMILES string of the molecule is CCc1cccc(NC(=O)C2CCN(S(=O)(=O)c3cccc4cccnc34)CC2)c1. The number of hydrogen-bond acceptors (Lipinski definition) is 4. The number of pyridine rings is 1. The average Bonchev–Trinajstić information content (AvgIpc) is 2.79. The second kappa shape index (κ2) is 8.53. The number of nitrogens with zero attached hydrogens (tertiary/aromatic N) is 2. The first kappa shape index (κ1) is 20.5. The number of nitrogens with one attached hydrogen (secondary N) is 1. The first-order valence-electron chi connectivity index (χ1n) is 10.2. The van der Waals surface area contributed by atoms with E-state index in [4.69, 9.17) is 0 Å². The quantitative estimate of drug-likeness (QED) is 0.676. The molecule has 3 aromatic rings. The molecule has 0 bridgehead atoms. The van der Waals surface area contributed by atoms with E-state index in [9.17, 15) is 13.2 Å². The fourth-order valence-electron chi connectivity index (χ4n) is 3.90. The van der Waals surface area contributed by atoms with E-state index in [-0.39, 0.29) is 16.7 Å². The minimum atomic E-state index is -3.67. The lowest BCUT2D eigenvalue weighted by molar-refractivity contribution is -0.120. The summed E-state index contributed by atoms with van der Waals surface area (Å²) in [7, 11) is -3.67. The molecule has 2 aromatic carbocycles. The van der Waals surface area contributed by atoms with Gasteiger partial charge in [-0.1, -0.05) is 37.3 Å². The van der Waals surface area contributed by atoms with Crippen LogP contribution in [0.2, 0.25) is 0 Å². The molecule has 1 aliphatic heterocycles. The topological polar surface area (TPSA) is 79.4 Å². The average molecular weight is 424 g/mol. The minimum absolute atomic E-state index is 0.0490. The predicted molar refractivity (Wildman–Crippen MR) is 118 cm³/mol. The van der Waals surface area contributed by atoms with Gasteiger partial charge in [-0.15, -0.1) is 0 Å². The zero-order chi connectivity index (χ0) is 21.1. The van der Waals surface area contributed by atoms with E-state index < -0.39 is 10.0 Å². The minimum Gasteiger partial charge on any atom is -0.326 e. The third-order valence-corrected chi connectivity index (χ3v) is 7.57. The van der Waals surface area contributed by atoms with Crippen molar-refractivity contribution in [2.45, 2.75) is 31.1 Å². The number of sulfonamides is 1. The maximum Gasteiger partial charge on any atom is 0.245 e. The third-order valence-electron chi connectivity index (χ3n) is 5.64. The van der Waals surface area contributed by atoms with Crippen LogP contribution in [0.4, 0.5) is 5.69 Å². The van der Waals surface area contributed by atoms with Gasteiger partial charge in [-0.05, 0) is 49.1 Å². The number of amides is 1. The van der Waals surface area contributed by atoms with E-state index in [1.807, 2.05) is 36.4 Å². The van der Waals surface area contributed by atoms with Crippen LogP contribution in [-0.2, 0) is 21.2 Å². The van der Waals surface area contributed by atoms with Gasteiger partial charge in [0.25, 0.3) is 0 Å². The van der Waals surface area contributed by atoms with Crippen LogP contribution >= 0.6 is 0 Å². The monoisotopic (exact) mass is 423 g/mol. The Morgan fingerprint density at radius 3 is 2.60 bits per heavy atom. The largest absolute Gasteiger partial charge is 0.326 e. The maximum absolute atomic E-state index is 13.2. The Morgan fingerprint density at radius 2 is 1.83 bits per heavy atom. The molecular formula is C23H25N3O3S. The maximum atomic E-state index is 13.2. The normalized spacial score (nSPS) is 15.9. The van der Waals surface area contributed by atoms with Crippen LogP contribution in [0.5, 0.6) is 0 Å². The van der Waals surface area contributed by atoms with Crippen LogP contribution in [0.3, 0.4) is 0 Å². The van der Waals surface area contributed by atoms with Crippen LogP contribution in [0.25, 0.3) is 10.9 Å². The zero-order valence-corrected chi connectivity index (χ0v) is 17.7. The summed E-state index contributed by atoms with van der Waals surface area (Å²) in [5, 5.41) is 3.77. The van der Waals surface area contributed by atoms with E-state index in [1.165, 1.54) is 4.31 Å². The molecule has 1 saturated heterocycles. The van der Waals surface area contributed by atoms with Crippen LogP contribution in [0.15, 0.2) is 65.7 Å². The van der Waals surface area contributed by atoms with Gasteiger partial charge >= 0.3 is 0 Å². The highest BCUT2D eigenvalue weighted by atomic mass is 32.2. The van der Waals surface area contributed by atoms with Crippen molar-refractivity contribution < 1.29 is 13.2 Å². The number of carbonyl (C=O) groups excluding carboxylic acids is 1. The van der Waals surface area contributed by atoms with Crippen molar-refractivity contribution in [1.29, 1.82) is 0 Å². The standard InChI is InChI=1S/C23H25N3O3S/c1-2-17-6-3-9-20(16-17)25-23(27)19-11-14-26(15-12-19)30(28,29)21-10-4-7-18-8-5-13-24-22(18)21/h3-10,13,16,19H,2,11-12,14-15H2,1H3,(H,25,27). The molecule has 4 rings (SSSR count). The van der Waals surface area contributed by atoms with Crippen molar-refractivity contribution in [2.24, 2.45) is 5.92 Å². The Morgan fingerprint density at radius 1 is 1.10 bits per heavy atom. The van der Waals surface area contributed by atoms with Gasteiger partial charge in [-0.25, -0.2) is 8.42 Å². The number of benzene rings is 2. The zero-order valence-electron chi connectivity index (χ0n) is 16.9. The fraction of sp³-hybridized carbons (Fsp3) is 0.304. The first-order valence-corrected chi connectivity index (χ1v) is 11.7. The molecule has 6 nitrogen and oxygen atoms in total. The number of anilines is 1. The Balaban J connectivity index is 1.45. The molecule has 0 unspecified atom stereocenters. The molecule has 0 aliphatic carbocycles. The first-order chi connectivity index (χ1) is 14.5. The number of piperidine rings is 1. The van der Waals surface area contributed by atoms with Crippen LogP contribution in [0.1, 0.15) is 25.3 Å². The van der Waals surface area contributed by atoms with Crippen LogP contribution in [-0.4, -0.2) is 36.7 Å². The van der Waals surface area contributed by atoms with Gasteiger partial charge in [-0.2, -0.15) is 4.31 Å². The van der Waals surface area contributed by atoms with E-state index in [0.717, 1.165) is 23.1 Å². The second-order valence-electron chi connectivity index (χ2n) is 7.55. The van der Waals surface area contributed by atoms with Gasteiger partial charge in [0, 0.05) is 36.3 Å². The van der Waals surface area contributed by atoms with Crippen molar-refractivity contribution in [3.05, 3.63) is 66.4 Å². The molecular weight excluding hydrogens is 398 g/mol. The van der Waals surface area contributed by atoms with Crippen molar-refractivity contribution in [3.8, 4) is 0 Å². The Labute approximate surface area is 177 Å². The summed E-state index contributed by atoms with van der Waals surface area (Å²) in [6, 6.07) is 16.7. The number of aromatic nitrogens is 1. The molecule has 1 fully saturated rings. The van der Waals surface area contributed by atoms with Gasteiger partial charge in [-0.3, -0.25) is 9.78 Å². The summed E-state index contributed by atoms with van der Waals surface area (Å²) in [6.07, 6.45) is 3.50. The lowest BCUT2D eigenvalue weighted by Gasteiger charge is -2.30. The van der Waals surface area contributed by atoms with Crippen LogP contribution in [0, 0.1) is 5.92 Å². The predicted octanol–water partition coefficient (Wildman–Crippen LogP) is 3.84. The Bertz CT molecular complexity index is 1160. The Hall–Kier alpha value is -2.77. The van der Waals surface area contributed by atoms with E-state index in [2.05, 4.69) is 17.2 Å². The molecule has 0 spiro atoms. The van der Waals surface area contributed by atoms with Crippen molar-refractivity contribution in [3.63, 3.8) is 0 Å². The summed E-state index contributed by atoms with van der Waals surface area (Å²) >= 11 is 0. The molecule has 1 amide bonds. The number of hydrogen-bond donors (Lipinski definition) is 1. The number of rotatable bonds is 5. The molecule has 156 valence electrons. The molecule has 0 saturated carbocycles. The lowest BCUT2D eigenvalue weighted by atomic mass is 9.97. The fourth-order valence-corrected chi connectivity index (χ4v) is 5.53. The van der Waals surface area contributed by atoms with Gasteiger partial charge in [0.2, 0.25) is 15.9 Å². The summed E-state index contributed by atoms with van der Waals surface area (Å²) in [4.78, 5) is 17.2. The molecule has 2 heterocycles. The number of fused-ring (bicyclic) bond motifs is 1. The highest BCUT2D eigenvalue weighted by Gasteiger charge is 2.33. The van der Waals surface area contributed by atoms with E-state index in [0.29, 0.717) is 31.4 Å². The molecule has 1 aromatic heterocycles. The molecule has 30 heavy (non-hydrogen) atoms.